The number of nitrogens with zero attached hydrogens (tertiary/aromatic N) is 2. The molecule has 2 atom stereocenters. The fraction of sp³-hybridized carbons (Fsp3) is 0.357. The van der Waals surface area contributed by atoms with E-state index in [1.165, 1.54) is 17.0 Å². The van der Waals surface area contributed by atoms with Gasteiger partial charge in [0.25, 0.3) is 5.91 Å². The van der Waals surface area contributed by atoms with E-state index in [-0.39, 0.29) is 42.9 Å². The third-order valence-electron chi connectivity index (χ3n) is 6.65. The van der Waals surface area contributed by atoms with Gasteiger partial charge < -0.3 is 19.3 Å². The molecular weight excluding hydrogens is 479 g/mol. The molecule has 0 N–H and O–H groups in total. The number of ether oxygens (including phenoxy) is 2. The minimum atomic E-state index is -0.374. The van der Waals surface area contributed by atoms with Crippen molar-refractivity contribution in [3.63, 3.8) is 0 Å². The first kappa shape index (κ1) is 25.7. The molecule has 0 bridgehead atoms. The van der Waals surface area contributed by atoms with Crippen molar-refractivity contribution in [2.45, 2.75) is 38.8 Å². The van der Waals surface area contributed by atoms with Gasteiger partial charge in [0.05, 0.1) is 13.2 Å². The Morgan fingerprint density at radius 1 is 1.17 bits per heavy atom. The van der Waals surface area contributed by atoms with Crippen LogP contribution in [0.2, 0.25) is 0 Å². The van der Waals surface area contributed by atoms with E-state index in [9.17, 15) is 14.0 Å². The Kier molecular flexibility index (Phi) is 8.25. The van der Waals surface area contributed by atoms with Crippen LogP contribution >= 0.6 is 11.3 Å². The highest BCUT2D eigenvalue weighted by Crippen LogP contribution is 2.34. The highest BCUT2D eigenvalue weighted by molar-refractivity contribution is 7.10. The molecule has 0 saturated carbocycles. The number of fused-ring (bicyclic) bond motifs is 1. The Morgan fingerprint density at radius 3 is 2.64 bits per heavy atom. The van der Waals surface area contributed by atoms with Gasteiger partial charge in [-0.25, -0.2) is 4.39 Å². The minimum absolute atomic E-state index is 0.0319. The molecule has 0 saturated heterocycles. The molecule has 4 rings (SSSR count). The molecule has 190 valence electrons. The average Bonchev–Trinajstić information content (AvgIpc) is 3.38. The number of hydrogen-bond acceptors (Lipinski definition) is 5. The zero-order valence-corrected chi connectivity index (χ0v) is 21.6. The SMILES string of the molecule is CC[C@H](C)N(CC(=O)N1CCc2sccc2[C@H]1COc1cccc(F)c1)C(=O)c1ccc(OC)cc1. The maximum atomic E-state index is 13.7. The molecule has 0 radical (unpaired) electrons. The lowest BCUT2D eigenvalue weighted by Gasteiger charge is -2.38. The molecule has 2 amide bonds. The quantitative estimate of drug-likeness (QED) is 0.390. The van der Waals surface area contributed by atoms with E-state index < -0.39 is 0 Å². The van der Waals surface area contributed by atoms with Crippen LogP contribution in [-0.4, -0.2) is 54.5 Å². The van der Waals surface area contributed by atoms with Crippen molar-refractivity contribution < 1.29 is 23.5 Å². The summed E-state index contributed by atoms with van der Waals surface area (Å²) < 4.78 is 24.8. The van der Waals surface area contributed by atoms with Crippen molar-refractivity contribution in [1.29, 1.82) is 0 Å². The van der Waals surface area contributed by atoms with Crippen LogP contribution in [0.5, 0.6) is 11.5 Å². The number of halogens is 1. The van der Waals surface area contributed by atoms with Crippen LogP contribution < -0.4 is 9.47 Å². The van der Waals surface area contributed by atoms with Crippen molar-refractivity contribution in [2.24, 2.45) is 0 Å². The monoisotopic (exact) mass is 510 g/mol. The highest BCUT2D eigenvalue weighted by Gasteiger charge is 2.34. The van der Waals surface area contributed by atoms with Crippen molar-refractivity contribution >= 4 is 23.2 Å². The molecule has 0 unspecified atom stereocenters. The van der Waals surface area contributed by atoms with Crippen LogP contribution in [-0.2, 0) is 11.2 Å². The molecular formula is C28H31FN2O4S. The van der Waals surface area contributed by atoms with E-state index in [1.807, 2.05) is 25.3 Å². The van der Waals surface area contributed by atoms with Gasteiger partial charge in [-0.05, 0) is 73.2 Å². The molecule has 0 spiro atoms. The highest BCUT2D eigenvalue weighted by atomic mass is 32.1. The number of benzene rings is 2. The molecule has 8 heteroatoms. The van der Waals surface area contributed by atoms with Crippen LogP contribution in [0.3, 0.4) is 0 Å². The van der Waals surface area contributed by atoms with Gasteiger partial charge in [-0.2, -0.15) is 0 Å². The normalized spacial score (nSPS) is 15.7. The summed E-state index contributed by atoms with van der Waals surface area (Å²) in [6.07, 6.45) is 1.47. The number of amides is 2. The lowest BCUT2D eigenvalue weighted by atomic mass is 10.00. The lowest BCUT2D eigenvalue weighted by molar-refractivity contribution is -0.136. The molecule has 36 heavy (non-hydrogen) atoms. The van der Waals surface area contributed by atoms with Gasteiger partial charge in [0.1, 0.15) is 30.5 Å². The molecule has 0 aliphatic carbocycles. The van der Waals surface area contributed by atoms with Gasteiger partial charge in [0.2, 0.25) is 5.91 Å². The molecule has 0 fully saturated rings. The maximum Gasteiger partial charge on any atom is 0.254 e. The standard InChI is InChI=1S/C28H31FN2O4S/c1-4-19(2)31(28(33)20-8-10-22(34-3)11-9-20)17-27(32)30-14-12-26-24(13-15-36-26)25(30)18-35-23-7-5-6-21(29)16-23/h5-11,13,15-16,19,25H,4,12,14,17-18H2,1-3H3/t19-,25+/m0/s1. The van der Waals surface area contributed by atoms with Gasteiger partial charge in [-0.1, -0.05) is 13.0 Å². The van der Waals surface area contributed by atoms with Gasteiger partial charge in [0.15, 0.2) is 0 Å². The second-order valence-corrected chi connectivity index (χ2v) is 9.84. The van der Waals surface area contributed by atoms with Gasteiger partial charge >= 0.3 is 0 Å². The fourth-order valence-corrected chi connectivity index (χ4v) is 5.32. The molecule has 2 heterocycles. The van der Waals surface area contributed by atoms with Gasteiger partial charge in [-0.3, -0.25) is 9.59 Å². The summed E-state index contributed by atoms with van der Waals surface area (Å²) in [7, 11) is 1.58. The predicted octanol–water partition coefficient (Wildman–Crippen LogP) is 5.34. The molecule has 1 aliphatic rings. The summed E-state index contributed by atoms with van der Waals surface area (Å²) in [6, 6.07) is 14.5. The first-order chi connectivity index (χ1) is 17.4. The number of carbonyl (C=O) groups is 2. The first-order valence-electron chi connectivity index (χ1n) is 12.1. The van der Waals surface area contributed by atoms with E-state index in [0.29, 0.717) is 23.6 Å². The molecule has 2 aromatic carbocycles. The van der Waals surface area contributed by atoms with Gasteiger partial charge in [-0.15, -0.1) is 11.3 Å². The van der Waals surface area contributed by atoms with E-state index in [2.05, 4.69) is 0 Å². The Labute approximate surface area is 215 Å². The largest absolute Gasteiger partial charge is 0.497 e. The van der Waals surface area contributed by atoms with E-state index in [4.69, 9.17) is 9.47 Å². The number of rotatable bonds is 9. The molecule has 3 aromatic rings. The van der Waals surface area contributed by atoms with Crippen molar-refractivity contribution in [3.8, 4) is 11.5 Å². The number of thiophene rings is 1. The smallest absolute Gasteiger partial charge is 0.254 e. The van der Waals surface area contributed by atoms with Gasteiger partial charge in [0, 0.05) is 29.1 Å². The zero-order chi connectivity index (χ0) is 25.7. The van der Waals surface area contributed by atoms with Crippen molar-refractivity contribution in [3.05, 3.63) is 81.8 Å². The Bertz CT molecular complexity index is 1200. The average molecular weight is 511 g/mol. The Morgan fingerprint density at radius 2 is 1.94 bits per heavy atom. The zero-order valence-electron chi connectivity index (χ0n) is 20.8. The summed E-state index contributed by atoms with van der Waals surface area (Å²) in [5, 5.41) is 2.02. The third-order valence-corrected chi connectivity index (χ3v) is 7.64. The Balaban J connectivity index is 1.54. The van der Waals surface area contributed by atoms with E-state index in [0.717, 1.165) is 18.4 Å². The van der Waals surface area contributed by atoms with Crippen LogP contribution in [0.15, 0.2) is 60.0 Å². The van der Waals surface area contributed by atoms with Crippen LogP contribution in [0.25, 0.3) is 0 Å². The van der Waals surface area contributed by atoms with Crippen LogP contribution in [0.1, 0.15) is 47.1 Å². The molecule has 6 nitrogen and oxygen atoms in total. The number of methoxy groups -OCH3 is 1. The van der Waals surface area contributed by atoms with E-state index >= 15 is 0 Å². The molecule has 1 aromatic heterocycles. The summed E-state index contributed by atoms with van der Waals surface area (Å²) in [5.74, 6) is 0.379. The predicted molar refractivity (Wildman–Crippen MR) is 138 cm³/mol. The van der Waals surface area contributed by atoms with Crippen molar-refractivity contribution in [2.75, 3.05) is 26.8 Å². The fourth-order valence-electron chi connectivity index (χ4n) is 4.39. The first-order valence-corrected chi connectivity index (χ1v) is 13.0. The number of hydrogen-bond donors (Lipinski definition) is 0. The minimum Gasteiger partial charge on any atom is -0.497 e. The lowest BCUT2D eigenvalue weighted by Crippen LogP contribution is -2.49. The van der Waals surface area contributed by atoms with Crippen LogP contribution in [0.4, 0.5) is 4.39 Å². The Hall–Kier alpha value is -3.39. The summed E-state index contributed by atoms with van der Waals surface area (Å²) in [5.41, 5.74) is 1.56. The second-order valence-electron chi connectivity index (χ2n) is 8.84. The summed E-state index contributed by atoms with van der Waals surface area (Å²) in [6.45, 7) is 4.66. The van der Waals surface area contributed by atoms with Crippen LogP contribution in [0, 0.1) is 5.82 Å². The topological polar surface area (TPSA) is 59.1 Å². The summed E-state index contributed by atoms with van der Waals surface area (Å²) >= 11 is 1.67. The second kappa shape index (κ2) is 11.6. The summed E-state index contributed by atoms with van der Waals surface area (Å²) in [4.78, 5) is 31.7. The number of carbonyl (C=O) groups excluding carboxylic acids is 2. The van der Waals surface area contributed by atoms with Crippen molar-refractivity contribution in [1.82, 2.24) is 9.80 Å². The third kappa shape index (κ3) is 5.70. The maximum absolute atomic E-state index is 13.7. The van der Waals surface area contributed by atoms with E-state index in [1.54, 1.807) is 64.6 Å². The molecule has 1 aliphatic heterocycles.